The molecule has 41 nitrogen and oxygen atoms in total. The van der Waals surface area contributed by atoms with Gasteiger partial charge < -0.3 is 115 Å². The average molecular weight is 1870 g/mol. The van der Waals surface area contributed by atoms with Gasteiger partial charge in [-0.3, -0.25) is 86.3 Å². The summed E-state index contributed by atoms with van der Waals surface area (Å²) in [5.41, 5.74) is 19.7. The van der Waals surface area contributed by atoms with E-state index in [4.69, 9.17) is 17.2 Å². The molecule has 0 bridgehead atoms. The monoisotopic (exact) mass is 1870 g/mol. The summed E-state index contributed by atoms with van der Waals surface area (Å²) in [5, 5.41) is 58.5. The van der Waals surface area contributed by atoms with Gasteiger partial charge >= 0.3 is 5.97 Å². The third-order valence-corrected chi connectivity index (χ3v) is 25.9. The van der Waals surface area contributed by atoms with Crippen LogP contribution >= 0.6 is 23.1 Å². The molecule has 9 rings (SSSR count). The fourth-order valence-electron chi connectivity index (χ4n) is 16.4. The SMILES string of the molecule is CCCC[C@H]1C(=O)N(C)[C@@H](CCCC)C(=O)N[C@@H](CCN)C(=O)N[C@H](C(=O)NCC(N)=O)CSCC(=O)N[C@@H](Cc2ccc(O)cc2)C(=O)N(C)[C@@H](C)C(=O)N[C@@H](CC(N)=O)C(=O)N2CCC[C@H]2C(=O)N[C@@H](Cc2cnc[nH]2)C(=O)N[C@@H](CCC(=O)O)C(=O)N2C[C@H](O)C[C@H]2C(=O)C[C@@H](Cc2csc3ccccc23)C(=O)N[C@@H](C)C(=O)N[C@@H](Cc2c[nH]c3ccccc23)C(=O)N1C. The second-order valence-electron chi connectivity index (χ2n) is 33.6. The van der Waals surface area contributed by atoms with Crippen LogP contribution in [0.4, 0.5) is 0 Å². The average Bonchev–Trinajstić information content (AvgIpc) is 1.72. The van der Waals surface area contributed by atoms with Crippen molar-refractivity contribution in [3.8, 4) is 5.75 Å². The summed E-state index contributed by atoms with van der Waals surface area (Å²) < 4.78 is 0.826. The number of carboxylic acids is 1. The zero-order valence-corrected chi connectivity index (χ0v) is 76.4. The molecule has 6 heterocycles. The number of aliphatic carboxylic acids is 1. The molecular formula is C89H120N20O21S2. The molecule has 3 fully saturated rings. The van der Waals surface area contributed by atoms with E-state index in [1.54, 1.807) is 41.9 Å². The molecule has 16 amide bonds. The number of fused-ring (bicyclic) bond motifs is 4. The van der Waals surface area contributed by atoms with Crippen molar-refractivity contribution in [3.05, 3.63) is 119 Å². The number of ketones is 1. The fraction of sp³-hybridized carbons (Fsp3) is 0.517. The number of aliphatic hydroxyl groups is 1. The van der Waals surface area contributed by atoms with E-state index in [0.717, 1.165) is 36.5 Å². The van der Waals surface area contributed by atoms with Gasteiger partial charge in [0.15, 0.2) is 5.78 Å². The minimum absolute atomic E-state index is 0.0159. The lowest BCUT2D eigenvalue weighted by Gasteiger charge is -2.36. The Bertz CT molecular complexity index is 5150. The summed E-state index contributed by atoms with van der Waals surface area (Å²) in [6.45, 7) is 4.70. The molecule has 43 heteroatoms. The Labute approximate surface area is 770 Å². The molecule has 0 aliphatic carbocycles. The van der Waals surface area contributed by atoms with Crippen molar-refractivity contribution in [1.82, 2.24) is 87.3 Å². The van der Waals surface area contributed by atoms with Gasteiger partial charge in [0, 0.05) is 118 Å². The van der Waals surface area contributed by atoms with Crippen molar-refractivity contribution in [2.75, 3.05) is 58.8 Å². The standard InChI is InChI=1S/C89H120N20O21S2/c1-8-10-20-67-83(124)99-60(30-31-90)81(122)104-66(80(121)95-42-74(92)114)45-131-46-75(115)98-63(33-50-24-26-55(110)27-25-50)85(126)105(5)49(4)78(119)103-65(39-73(91)113)88(129)108-32-16-22-68(108)84(125)101-62(37-54-41-93-47-96-54)82(123)100-61(28-29-76(116)117)87(128)109-43-56(111)38-70(109)71(112)36-51(34-53-44-132-72-23-15-13-18-58(53)72)79(120)97-48(3)77(118)102-64(35-52-40-94-59-19-14-12-17-57(52)59)86(127)107(7)69(21-11-9-2)89(130)106(67)6/h12-15,17-19,23-27,40-41,44,47-49,51,56,60-70,94,110-111H,8-11,16,20-22,28-39,42-43,45-46,90H2,1-7H3,(H2,91,113)(H2,92,114)(H,93,96)(H,95,121)(H,97,120)(H,98,115)(H,99,124)(H,100,123)(H,101,125)(H,102,118)(H,103,119)(H,104,122)(H,116,117)/t48-,49-,51+,56+,60-,61-,62-,63-,64-,65-,66-,67-,68-,69-,70-/m0/s1. The number of imidazole rings is 1. The number of benzene rings is 3. The first-order valence-electron chi connectivity index (χ1n) is 44.0. The maximum atomic E-state index is 15.7. The molecule has 0 spiro atoms. The summed E-state index contributed by atoms with van der Waals surface area (Å²) in [5.74, 6) is -19.6. The Kier molecular flexibility index (Phi) is 38.0. The largest absolute Gasteiger partial charge is 0.508 e. The van der Waals surface area contributed by atoms with Gasteiger partial charge in [-0.25, -0.2) is 4.98 Å². The fourth-order valence-corrected chi connectivity index (χ4v) is 18.2. The van der Waals surface area contributed by atoms with E-state index in [0.29, 0.717) is 53.3 Å². The number of likely N-dealkylation sites (N-methyl/N-ethyl adjacent to an activating group) is 3. The van der Waals surface area contributed by atoms with Crippen LogP contribution in [0.1, 0.15) is 140 Å². The van der Waals surface area contributed by atoms with E-state index in [1.807, 2.05) is 32.0 Å². The lowest BCUT2D eigenvalue weighted by molar-refractivity contribution is -0.149. The molecule has 0 saturated carbocycles. The number of aromatic amines is 2. The number of carbonyl (C=O) groups is 18. The van der Waals surface area contributed by atoms with Crippen LogP contribution in [0.2, 0.25) is 0 Å². The molecular weight excluding hydrogens is 1750 g/mol. The number of primary amides is 2. The number of nitrogens with two attached hydrogens (primary N) is 3. The number of thioether (sulfide) groups is 1. The molecule has 714 valence electrons. The van der Waals surface area contributed by atoms with E-state index in [2.05, 4.69) is 62.8 Å². The number of hydrogen-bond acceptors (Lipinski definition) is 24. The van der Waals surface area contributed by atoms with Crippen molar-refractivity contribution >= 4 is 150 Å². The minimum atomic E-state index is -1.81. The number of hydrogen-bond donors (Lipinski definition) is 17. The van der Waals surface area contributed by atoms with Crippen molar-refractivity contribution < 1.29 is 102 Å². The first-order valence-corrected chi connectivity index (χ1v) is 46.1. The molecule has 15 atom stereocenters. The molecule has 132 heavy (non-hydrogen) atoms. The number of carboxylic acid groups (broad SMARTS) is 1. The van der Waals surface area contributed by atoms with Gasteiger partial charge in [0.05, 0.1) is 37.2 Å². The maximum Gasteiger partial charge on any atom is 0.303 e. The second kappa shape index (κ2) is 48.8. The van der Waals surface area contributed by atoms with Crippen LogP contribution in [0.3, 0.4) is 0 Å². The van der Waals surface area contributed by atoms with Crippen LogP contribution in [0.5, 0.6) is 5.75 Å². The van der Waals surface area contributed by atoms with Gasteiger partial charge in [-0.05, 0) is 117 Å². The van der Waals surface area contributed by atoms with Crippen LogP contribution < -0.4 is 65.1 Å². The number of rotatable bonds is 24. The van der Waals surface area contributed by atoms with Gasteiger partial charge in [-0.2, -0.15) is 0 Å². The molecule has 0 unspecified atom stereocenters. The lowest BCUT2D eigenvalue weighted by atomic mass is 9.90. The predicted octanol–water partition coefficient (Wildman–Crippen LogP) is -1.17. The smallest absolute Gasteiger partial charge is 0.303 e. The number of aromatic nitrogens is 3. The van der Waals surface area contributed by atoms with Gasteiger partial charge in [-0.1, -0.05) is 88.1 Å². The number of Topliss-reactive ketones (excluding diaryl/α,β-unsaturated/α-hetero) is 1. The summed E-state index contributed by atoms with van der Waals surface area (Å²) in [4.78, 5) is 277. The second-order valence-corrected chi connectivity index (χ2v) is 35.5. The van der Waals surface area contributed by atoms with Crippen LogP contribution in [-0.2, 0) is 112 Å². The Morgan fingerprint density at radius 1 is 0.583 bits per heavy atom. The number of H-pyrrole nitrogens is 2. The van der Waals surface area contributed by atoms with E-state index in [-0.39, 0.29) is 82.3 Å². The summed E-state index contributed by atoms with van der Waals surface area (Å²) in [6.07, 6.45) is 0.268. The van der Waals surface area contributed by atoms with Crippen molar-refractivity contribution in [2.45, 2.75) is 228 Å². The Morgan fingerprint density at radius 3 is 1.89 bits per heavy atom. The highest BCUT2D eigenvalue weighted by Crippen LogP contribution is 2.32. The first-order chi connectivity index (χ1) is 62.9. The molecule has 0 radical (unpaired) electrons. The van der Waals surface area contributed by atoms with Gasteiger partial charge in [0.25, 0.3) is 0 Å². The highest BCUT2D eigenvalue weighted by molar-refractivity contribution is 8.00. The van der Waals surface area contributed by atoms with Crippen molar-refractivity contribution in [1.29, 1.82) is 0 Å². The zero-order chi connectivity index (χ0) is 96.3. The molecule has 3 aliphatic rings. The Morgan fingerprint density at radius 2 is 1.21 bits per heavy atom. The van der Waals surface area contributed by atoms with E-state index in [1.165, 1.54) is 92.9 Å². The Balaban J connectivity index is 1.09. The van der Waals surface area contributed by atoms with Gasteiger partial charge in [-0.15, -0.1) is 23.1 Å². The minimum Gasteiger partial charge on any atom is -0.508 e. The van der Waals surface area contributed by atoms with E-state index >= 15 is 38.4 Å². The van der Waals surface area contributed by atoms with Crippen LogP contribution in [0.15, 0.2) is 96.9 Å². The number of carbonyl (C=O) groups excluding carboxylic acids is 17. The van der Waals surface area contributed by atoms with Crippen LogP contribution in [0.25, 0.3) is 21.0 Å². The number of thiophene rings is 1. The number of nitrogens with zero attached hydrogens (tertiary/aromatic N) is 6. The number of para-hydroxylation sites is 1. The summed E-state index contributed by atoms with van der Waals surface area (Å²) in [6, 6.07) is -0.0360. The molecule has 3 aromatic heterocycles. The number of aliphatic hydroxyl groups excluding tert-OH is 1. The number of phenolic OH excluding ortho intramolecular Hbond substituents is 1. The third-order valence-electron chi connectivity index (χ3n) is 23.9. The molecule has 3 saturated heterocycles. The number of unbranched alkanes of at least 4 members (excludes halogenated alkanes) is 2. The normalized spacial score (nSPS) is 25.1. The van der Waals surface area contributed by atoms with Crippen molar-refractivity contribution in [3.63, 3.8) is 0 Å². The quantitative estimate of drug-likeness (QED) is 0.0339. The molecule has 6 aromatic rings. The summed E-state index contributed by atoms with van der Waals surface area (Å²) >= 11 is 2.13. The topological polar surface area (TPSA) is 615 Å². The first kappa shape index (κ1) is 103. The van der Waals surface area contributed by atoms with Crippen LogP contribution in [0, 0.1) is 5.92 Å². The number of phenols is 1. The molecule has 3 aliphatic heterocycles. The highest BCUT2D eigenvalue weighted by Gasteiger charge is 2.47. The number of nitrogens with one attached hydrogen (secondary N) is 11. The number of amides is 16. The highest BCUT2D eigenvalue weighted by atomic mass is 32.2. The van der Waals surface area contributed by atoms with Gasteiger partial charge in [0.2, 0.25) is 94.5 Å². The van der Waals surface area contributed by atoms with E-state index in [9.17, 15) is 63.3 Å². The van der Waals surface area contributed by atoms with Crippen LogP contribution in [-0.4, -0.2) is 305 Å². The maximum absolute atomic E-state index is 15.7. The summed E-state index contributed by atoms with van der Waals surface area (Å²) in [7, 11) is 3.95. The van der Waals surface area contributed by atoms with Gasteiger partial charge in [0.1, 0.15) is 78.3 Å². The predicted molar refractivity (Wildman–Crippen MR) is 485 cm³/mol. The number of aromatic hydroxyl groups is 1. The molecule has 3 aromatic carbocycles. The lowest BCUT2D eigenvalue weighted by Crippen LogP contribution is -2.60. The molecule has 20 N–H and O–H groups in total. The van der Waals surface area contributed by atoms with Crippen molar-refractivity contribution in [2.24, 2.45) is 23.1 Å². The Hall–Kier alpha value is -12.9. The van der Waals surface area contributed by atoms with E-state index < -0.39 is 254 Å². The zero-order valence-electron chi connectivity index (χ0n) is 74.8. The third kappa shape index (κ3) is 28.1.